The van der Waals surface area contributed by atoms with Gasteiger partial charge in [0.2, 0.25) is 11.8 Å². The number of carbonyl (C=O) groups is 2. The molecule has 148 valence electrons. The molecule has 2 heterocycles. The Morgan fingerprint density at radius 3 is 2.43 bits per heavy atom. The summed E-state index contributed by atoms with van der Waals surface area (Å²) in [6.07, 6.45) is 3.61. The second-order valence-electron chi connectivity index (χ2n) is 7.65. The van der Waals surface area contributed by atoms with Crippen LogP contribution in [0.5, 0.6) is 0 Å². The lowest BCUT2D eigenvalue weighted by Crippen LogP contribution is -2.39. The van der Waals surface area contributed by atoms with Gasteiger partial charge in [-0.2, -0.15) is 5.10 Å². The number of likely N-dealkylation sites (tertiary alicyclic amines) is 1. The van der Waals surface area contributed by atoms with E-state index in [4.69, 9.17) is 0 Å². The Morgan fingerprint density at radius 2 is 1.79 bits per heavy atom. The molecule has 2 aliphatic rings. The Kier molecular flexibility index (Phi) is 5.02. The number of para-hydroxylation sites is 1. The van der Waals surface area contributed by atoms with Crippen LogP contribution in [0, 0.1) is 5.92 Å². The first kappa shape index (κ1) is 18.5. The van der Waals surface area contributed by atoms with Crippen molar-refractivity contribution in [2.75, 3.05) is 18.4 Å². The molecule has 0 radical (unpaired) electrons. The summed E-state index contributed by atoms with van der Waals surface area (Å²) in [5, 5.41) is 7.20. The molecule has 2 amide bonds. The maximum Gasteiger partial charge on any atom is 0.346 e. The molecule has 1 aliphatic carbocycles. The number of anilines is 1. The normalized spacial score (nSPS) is 17.5. The van der Waals surface area contributed by atoms with E-state index in [0.29, 0.717) is 24.6 Å². The van der Waals surface area contributed by atoms with Gasteiger partial charge in [-0.25, -0.2) is 9.48 Å². The van der Waals surface area contributed by atoms with Crippen molar-refractivity contribution in [2.45, 2.75) is 38.1 Å². The van der Waals surface area contributed by atoms with Gasteiger partial charge in [0.05, 0.1) is 0 Å². The number of piperidine rings is 1. The quantitative estimate of drug-likeness (QED) is 0.844. The molecule has 1 aliphatic heterocycles. The van der Waals surface area contributed by atoms with Gasteiger partial charge in [-0.15, -0.1) is 0 Å². The first-order valence-electron chi connectivity index (χ1n) is 9.80. The molecular weight excluding hydrogens is 358 g/mol. The lowest BCUT2D eigenvalue weighted by atomic mass is 9.95. The molecule has 1 aromatic heterocycles. The molecule has 0 unspecified atom stereocenters. The van der Waals surface area contributed by atoms with Gasteiger partial charge in [-0.05, 0) is 37.8 Å². The highest BCUT2D eigenvalue weighted by molar-refractivity contribution is 5.90. The fourth-order valence-electron chi connectivity index (χ4n) is 3.77. The molecule has 0 atom stereocenters. The third-order valence-electron chi connectivity index (χ3n) is 5.52. The Balaban J connectivity index is 1.40. The summed E-state index contributed by atoms with van der Waals surface area (Å²) >= 11 is 0. The number of nitrogens with one attached hydrogen (secondary N) is 1. The molecule has 4 rings (SSSR count). The lowest BCUT2D eigenvalue weighted by Gasteiger charge is -2.31. The topological polar surface area (TPSA) is 89.2 Å². The van der Waals surface area contributed by atoms with Crippen LogP contribution in [0.2, 0.25) is 0 Å². The van der Waals surface area contributed by atoms with E-state index in [9.17, 15) is 14.4 Å². The summed E-state index contributed by atoms with van der Waals surface area (Å²) in [5.41, 5.74) is 0.388. The smallest absolute Gasteiger partial charge is 0.342 e. The molecule has 0 bridgehead atoms. The average molecular weight is 383 g/mol. The van der Waals surface area contributed by atoms with E-state index in [0.717, 1.165) is 25.7 Å². The zero-order valence-corrected chi connectivity index (χ0v) is 16.0. The Hall–Kier alpha value is -2.90. The predicted molar refractivity (Wildman–Crippen MR) is 104 cm³/mol. The summed E-state index contributed by atoms with van der Waals surface area (Å²) in [6.45, 7) is 1.28. The highest BCUT2D eigenvalue weighted by Gasteiger charge is 2.36. The van der Waals surface area contributed by atoms with E-state index in [1.165, 1.54) is 9.25 Å². The van der Waals surface area contributed by atoms with Crippen LogP contribution >= 0.6 is 0 Å². The third kappa shape index (κ3) is 3.85. The van der Waals surface area contributed by atoms with Gasteiger partial charge in [0.25, 0.3) is 0 Å². The summed E-state index contributed by atoms with van der Waals surface area (Å²) in [6, 6.07) is 9.12. The molecule has 2 fully saturated rings. The summed E-state index contributed by atoms with van der Waals surface area (Å²) in [4.78, 5) is 38.9. The molecule has 1 saturated heterocycles. The lowest BCUT2D eigenvalue weighted by molar-refractivity contribution is -0.133. The molecule has 1 aromatic carbocycles. The van der Waals surface area contributed by atoms with Gasteiger partial charge in [0.15, 0.2) is 0 Å². The van der Waals surface area contributed by atoms with E-state index < -0.39 is 0 Å². The van der Waals surface area contributed by atoms with E-state index in [1.54, 1.807) is 19.2 Å². The van der Waals surface area contributed by atoms with Gasteiger partial charge in [-0.3, -0.25) is 14.2 Å². The Labute approximate surface area is 163 Å². The fourth-order valence-corrected chi connectivity index (χ4v) is 3.77. The Bertz CT molecular complexity index is 921. The molecule has 8 nitrogen and oxygen atoms in total. The number of aromatic nitrogens is 3. The number of amides is 2. The minimum atomic E-state index is -0.297. The zero-order chi connectivity index (χ0) is 19.7. The highest BCUT2D eigenvalue weighted by Crippen LogP contribution is 2.33. The van der Waals surface area contributed by atoms with Crippen LogP contribution < -0.4 is 11.0 Å². The van der Waals surface area contributed by atoms with E-state index >= 15 is 0 Å². The van der Waals surface area contributed by atoms with Crippen LogP contribution in [-0.4, -0.2) is 44.2 Å². The second kappa shape index (κ2) is 7.61. The number of hydrogen-bond acceptors (Lipinski definition) is 4. The maximum atomic E-state index is 12.5. The monoisotopic (exact) mass is 383 g/mol. The van der Waals surface area contributed by atoms with Gasteiger partial charge in [-0.1, -0.05) is 18.2 Å². The van der Waals surface area contributed by atoms with Crippen LogP contribution in [0.15, 0.2) is 35.1 Å². The van der Waals surface area contributed by atoms with Crippen LogP contribution in [0.25, 0.3) is 0 Å². The van der Waals surface area contributed by atoms with Crippen molar-refractivity contribution in [3.05, 3.63) is 46.6 Å². The van der Waals surface area contributed by atoms with Crippen molar-refractivity contribution < 1.29 is 9.59 Å². The van der Waals surface area contributed by atoms with Crippen molar-refractivity contribution in [1.29, 1.82) is 0 Å². The minimum absolute atomic E-state index is 0.124. The minimum Gasteiger partial charge on any atom is -0.342 e. The Morgan fingerprint density at radius 1 is 1.11 bits per heavy atom. The maximum absolute atomic E-state index is 12.5. The summed E-state index contributed by atoms with van der Waals surface area (Å²) < 4.78 is 2.74. The van der Waals surface area contributed by atoms with Crippen molar-refractivity contribution >= 4 is 17.5 Å². The summed E-state index contributed by atoms with van der Waals surface area (Å²) in [7, 11) is 1.69. The van der Waals surface area contributed by atoms with Crippen LogP contribution in [0.1, 0.15) is 37.4 Å². The third-order valence-corrected chi connectivity index (χ3v) is 5.52. The SMILES string of the molecule is Cn1c(C2CCN(C(=O)C3CC3)CC2)nn(CC(=O)Nc2ccccc2)c1=O. The predicted octanol–water partition coefficient (Wildman–Crippen LogP) is 1.34. The van der Waals surface area contributed by atoms with Crippen LogP contribution in [-0.2, 0) is 23.2 Å². The van der Waals surface area contributed by atoms with E-state index in [2.05, 4.69) is 10.4 Å². The van der Waals surface area contributed by atoms with Crippen molar-refractivity contribution in [3.8, 4) is 0 Å². The number of hydrogen-bond donors (Lipinski definition) is 1. The highest BCUT2D eigenvalue weighted by atomic mass is 16.2. The van der Waals surface area contributed by atoms with Gasteiger partial charge in [0, 0.05) is 37.7 Å². The standard InChI is InChI=1S/C20H25N5O3/c1-23-18(14-9-11-24(12-10-14)19(27)15-7-8-15)22-25(20(23)28)13-17(26)21-16-5-3-2-4-6-16/h2-6,14-15H,7-13H2,1H3,(H,21,26). The van der Waals surface area contributed by atoms with Gasteiger partial charge < -0.3 is 10.2 Å². The number of nitrogens with zero attached hydrogens (tertiary/aromatic N) is 4. The summed E-state index contributed by atoms with van der Waals surface area (Å²) in [5.74, 6) is 1.04. The van der Waals surface area contributed by atoms with Gasteiger partial charge in [0.1, 0.15) is 12.4 Å². The van der Waals surface area contributed by atoms with E-state index in [-0.39, 0.29) is 35.9 Å². The first-order chi connectivity index (χ1) is 13.5. The van der Waals surface area contributed by atoms with Crippen LogP contribution in [0.3, 0.4) is 0 Å². The van der Waals surface area contributed by atoms with Crippen molar-refractivity contribution in [3.63, 3.8) is 0 Å². The molecule has 1 N–H and O–H groups in total. The second-order valence-corrected chi connectivity index (χ2v) is 7.65. The molecular formula is C20H25N5O3. The zero-order valence-electron chi connectivity index (χ0n) is 16.0. The molecule has 1 saturated carbocycles. The fraction of sp³-hybridized carbons (Fsp3) is 0.500. The van der Waals surface area contributed by atoms with E-state index in [1.807, 2.05) is 23.1 Å². The molecule has 0 spiro atoms. The first-order valence-corrected chi connectivity index (χ1v) is 9.80. The van der Waals surface area contributed by atoms with Crippen molar-refractivity contribution in [1.82, 2.24) is 19.2 Å². The molecule has 28 heavy (non-hydrogen) atoms. The van der Waals surface area contributed by atoms with Gasteiger partial charge >= 0.3 is 5.69 Å². The average Bonchev–Trinajstić information content (AvgIpc) is 3.52. The molecule has 2 aromatic rings. The number of carbonyl (C=O) groups excluding carboxylic acids is 2. The molecule has 8 heteroatoms. The largest absolute Gasteiger partial charge is 0.346 e. The number of rotatable bonds is 5. The van der Waals surface area contributed by atoms with Crippen molar-refractivity contribution in [2.24, 2.45) is 13.0 Å². The number of benzene rings is 1. The van der Waals surface area contributed by atoms with Crippen LogP contribution in [0.4, 0.5) is 5.69 Å².